The van der Waals surface area contributed by atoms with Gasteiger partial charge in [-0.15, -0.1) is 0 Å². The number of carbonyl (C=O) groups excluding carboxylic acids is 1. The zero-order chi connectivity index (χ0) is 14.7. The minimum atomic E-state index is -0.214. The number of carbonyl (C=O) groups is 1. The molecule has 1 atom stereocenters. The predicted molar refractivity (Wildman–Crippen MR) is 78.6 cm³/mol. The summed E-state index contributed by atoms with van der Waals surface area (Å²) < 4.78 is 5.27. The number of aromatic amines is 1. The van der Waals surface area contributed by atoms with Crippen LogP contribution in [0, 0.1) is 0 Å². The molecule has 3 rings (SSSR count). The van der Waals surface area contributed by atoms with E-state index in [-0.39, 0.29) is 11.9 Å². The van der Waals surface area contributed by atoms with Crippen molar-refractivity contribution in [2.75, 3.05) is 0 Å². The summed E-state index contributed by atoms with van der Waals surface area (Å²) in [6, 6.07) is 14.9. The standard InChI is InChI=1S/C16H15N3O2/c1-11(15-8-5-9-21-15)17-16(20)14-10-13(18-19-14)12-6-3-2-4-7-12/h2-11H,1H3,(H,17,20)(H,18,19)/t11-/m1/s1. The Morgan fingerprint density at radius 2 is 2.05 bits per heavy atom. The number of benzene rings is 1. The third-order valence-corrected chi connectivity index (χ3v) is 3.21. The van der Waals surface area contributed by atoms with Crippen molar-refractivity contribution in [1.82, 2.24) is 15.5 Å². The molecular formula is C16H15N3O2. The minimum absolute atomic E-state index is 0.198. The van der Waals surface area contributed by atoms with Crippen molar-refractivity contribution >= 4 is 5.91 Å². The quantitative estimate of drug-likeness (QED) is 0.771. The maximum absolute atomic E-state index is 12.2. The number of amides is 1. The van der Waals surface area contributed by atoms with Crippen LogP contribution in [0.2, 0.25) is 0 Å². The molecule has 21 heavy (non-hydrogen) atoms. The Kier molecular flexibility index (Phi) is 3.55. The van der Waals surface area contributed by atoms with Gasteiger partial charge >= 0.3 is 0 Å². The van der Waals surface area contributed by atoms with Crippen LogP contribution >= 0.6 is 0 Å². The van der Waals surface area contributed by atoms with E-state index >= 15 is 0 Å². The summed E-state index contributed by atoms with van der Waals surface area (Å²) in [6.07, 6.45) is 1.59. The van der Waals surface area contributed by atoms with Gasteiger partial charge in [-0.2, -0.15) is 5.10 Å². The van der Waals surface area contributed by atoms with E-state index in [2.05, 4.69) is 15.5 Å². The number of nitrogens with zero attached hydrogens (tertiary/aromatic N) is 1. The van der Waals surface area contributed by atoms with E-state index in [1.54, 1.807) is 18.4 Å². The van der Waals surface area contributed by atoms with E-state index in [0.717, 1.165) is 11.3 Å². The van der Waals surface area contributed by atoms with E-state index in [1.165, 1.54) is 0 Å². The molecule has 0 bridgehead atoms. The van der Waals surface area contributed by atoms with Gasteiger partial charge in [-0.3, -0.25) is 9.89 Å². The van der Waals surface area contributed by atoms with E-state index in [4.69, 9.17) is 4.42 Å². The van der Waals surface area contributed by atoms with Crippen molar-refractivity contribution in [3.63, 3.8) is 0 Å². The van der Waals surface area contributed by atoms with Gasteiger partial charge < -0.3 is 9.73 Å². The number of aromatic nitrogens is 2. The molecule has 2 aromatic heterocycles. The lowest BCUT2D eigenvalue weighted by Gasteiger charge is -2.09. The molecule has 0 spiro atoms. The summed E-state index contributed by atoms with van der Waals surface area (Å²) >= 11 is 0. The van der Waals surface area contributed by atoms with Crippen LogP contribution in [0.4, 0.5) is 0 Å². The Morgan fingerprint density at radius 1 is 1.24 bits per heavy atom. The lowest BCUT2D eigenvalue weighted by Crippen LogP contribution is -2.26. The Labute approximate surface area is 122 Å². The highest BCUT2D eigenvalue weighted by molar-refractivity contribution is 5.93. The van der Waals surface area contributed by atoms with Crippen molar-refractivity contribution in [2.24, 2.45) is 0 Å². The van der Waals surface area contributed by atoms with Gasteiger partial charge in [0.15, 0.2) is 0 Å². The lowest BCUT2D eigenvalue weighted by atomic mass is 10.1. The highest BCUT2D eigenvalue weighted by Gasteiger charge is 2.15. The number of rotatable bonds is 4. The Bertz CT molecular complexity index is 717. The molecular weight excluding hydrogens is 266 g/mol. The Morgan fingerprint density at radius 3 is 2.76 bits per heavy atom. The second kappa shape index (κ2) is 5.66. The van der Waals surface area contributed by atoms with Crippen LogP contribution < -0.4 is 5.32 Å². The smallest absolute Gasteiger partial charge is 0.269 e. The molecule has 0 aliphatic carbocycles. The largest absolute Gasteiger partial charge is 0.467 e. The fourth-order valence-electron chi connectivity index (χ4n) is 2.08. The van der Waals surface area contributed by atoms with Gasteiger partial charge in [0, 0.05) is 5.56 Å². The molecule has 2 heterocycles. The minimum Gasteiger partial charge on any atom is -0.467 e. The summed E-state index contributed by atoms with van der Waals surface area (Å²) in [5.41, 5.74) is 2.13. The number of H-pyrrole nitrogens is 1. The second-order valence-electron chi connectivity index (χ2n) is 4.74. The monoisotopic (exact) mass is 281 g/mol. The molecule has 2 N–H and O–H groups in total. The summed E-state index contributed by atoms with van der Waals surface area (Å²) in [6.45, 7) is 1.87. The number of hydrogen-bond donors (Lipinski definition) is 2. The first-order valence-electron chi connectivity index (χ1n) is 6.69. The van der Waals surface area contributed by atoms with Crippen LogP contribution in [0.1, 0.15) is 29.2 Å². The molecule has 0 fully saturated rings. The fourth-order valence-corrected chi connectivity index (χ4v) is 2.08. The first kappa shape index (κ1) is 13.2. The molecule has 0 aliphatic heterocycles. The predicted octanol–water partition coefficient (Wildman–Crippen LogP) is 3.16. The van der Waals surface area contributed by atoms with Crippen LogP contribution in [0.25, 0.3) is 11.3 Å². The van der Waals surface area contributed by atoms with Crippen LogP contribution in [-0.2, 0) is 0 Å². The van der Waals surface area contributed by atoms with E-state index in [9.17, 15) is 4.79 Å². The summed E-state index contributed by atoms with van der Waals surface area (Å²) in [4.78, 5) is 12.2. The van der Waals surface area contributed by atoms with Gasteiger partial charge in [-0.1, -0.05) is 30.3 Å². The fraction of sp³-hybridized carbons (Fsp3) is 0.125. The second-order valence-corrected chi connectivity index (χ2v) is 4.74. The van der Waals surface area contributed by atoms with Gasteiger partial charge in [0.1, 0.15) is 11.5 Å². The molecule has 0 aliphatic rings. The van der Waals surface area contributed by atoms with E-state index < -0.39 is 0 Å². The Hall–Kier alpha value is -2.82. The molecule has 5 heteroatoms. The number of hydrogen-bond acceptors (Lipinski definition) is 3. The molecule has 1 aromatic carbocycles. The lowest BCUT2D eigenvalue weighted by molar-refractivity contribution is 0.0930. The first-order chi connectivity index (χ1) is 10.2. The van der Waals surface area contributed by atoms with Gasteiger partial charge in [-0.05, 0) is 25.1 Å². The molecule has 3 aromatic rings. The van der Waals surface area contributed by atoms with E-state index in [0.29, 0.717) is 11.5 Å². The van der Waals surface area contributed by atoms with Gasteiger partial charge in [-0.25, -0.2) is 0 Å². The van der Waals surface area contributed by atoms with Crippen molar-refractivity contribution < 1.29 is 9.21 Å². The zero-order valence-electron chi connectivity index (χ0n) is 11.5. The topological polar surface area (TPSA) is 70.9 Å². The molecule has 0 radical (unpaired) electrons. The summed E-state index contributed by atoms with van der Waals surface area (Å²) in [7, 11) is 0. The molecule has 5 nitrogen and oxygen atoms in total. The summed E-state index contributed by atoms with van der Waals surface area (Å²) in [5, 5.41) is 9.79. The first-order valence-corrected chi connectivity index (χ1v) is 6.69. The van der Waals surface area contributed by atoms with Crippen molar-refractivity contribution in [3.8, 4) is 11.3 Å². The highest BCUT2D eigenvalue weighted by atomic mass is 16.3. The SMILES string of the molecule is C[C@@H](NC(=O)c1cc(-c2ccccc2)n[nH]1)c1ccco1. The third kappa shape index (κ3) is 2.86. The van der Waals surface area contributed by atoms with Crippen molar-refractivity contribution in [3.05, 3.63) is 66.2 Å². The highest BCUT2D eigenvalue weighted by Crippen LogP contribution is 2.18. The average Bonchev–Trinajstić information content (AvgIpc) is 3.20. The molecule has 0 saturated carbocycles. The summed E-state index contributed by atoms with van der Waals surface area (Å²) in [5.74, 6) is 0.500. The van der Waals surface area contributed by atoms with E-state index in [1.807, 2.05) is 43.3 Å². The Balaban J connectivity index is 1.73. The zero-order valence-corrected chi connectivity index (χ0v) is 11.5. The maximum Gasteiger partial charge on any atom is 0.269 e. The average molecular weight is 281 g/mol. The normalized spacial score (nSPS) is 12.0. The molecule has 106 valence electrons. The maximum atomic E-state index is 12.2. The van der Waals surface area contributed by atoms with Crippen LogP contribution in [-0.4, -0.2) is 16.1 Å². The molecule has 0 unspecified atom stereocenters. The number of furan rings is 1. The number of nitrogens with one attached hydrogen (secondary N) is 2. The molecule has 0 saturated heterocycles. The molecule has 1 amide bonds. The van der Waals surface area contributed by atoms with Gasteiger partial charge in [0.2, 0.25) is 0 Å². The van der Waals surface area contributed by atoms with Gasteiger partial charge in [0.05, 0.1) is 18.0 Å². The van der Waals surface area contributed by atoms with Crippen LogP contribution in [0.5, 0.6) is 0 Å². The van der Waals surface area contributed by atoms with Crippen molar-refractivity contribution in [1.29, 1.82) is 0 Å². The van der Waals surface area contributed by atoms with Gasteiger partial charge in [0.25, 0.3) is 5.91 Å². The van der Waals surface area contributed by atoms with Crippen LogP contribution in [0.15, 0.2) is 59.2 Å². The van der Waals surface area contributed by atoms with Crippen LogP contribution in [0.3, 0.4) is 0 Å². The third-order valence-electron chi connectivity index (χ3n) is 3.21. The van der Waals surface area contributed by atoms with Crippen molar-refractivity contribution in [2.45, 2.75) is 13.0 Å².